The molecule has 1 unspecified atom stereocenters. The van der Waals surface area contributed by atoms with Crippen molar-refractivity contribution in [2.24, 2.45) is 0 Å². The molecule has 3 rings (SSSR count). The third-order valence-electron chi connectivity index (χ3n) is 4.96. The minimum Gasteiger partial charge on any atom is -0.449 e. The molecule has 176 valence electrons. The average molecular weight is 474 g/mol. The Balaban J connectivity index is 1.57. The molecule has 0 spiro atoms. The van der Waals surface area contributed by atoms with E-state index in [0.29, 0.717) is 24.3 Å². The molecule has 0 aliphatic carbocycles. The molecule has 9 nitrogen and oxygen atoms in total. The second kappa shape index (κ2) is 10.1. The highest BCUT2D eigenvalue weighted by atomic mass is 32.2. The zero-order chi connectivity index (χ0) is 24.2. The first-order chi connectivity index (χ1) is 15.6. The minimum absolute atomic E-state index is 0.0532. The third kappa shape index (κ3) is 6.17. The van der Waals surface area contributed by atoms with Crippen LogP contribution in [0.15, 0.2) is 53.4 Å². The second-order valence-corrected chi connectivity index (χ2v) is 9.75. The van der Waals surface area contributed by atoms with Crippen LogP contribution in [0.3, 0.4) is 0 Å². The Morgan fingerprint density at radius 2 is 1.64 bits per heavy atom. The quantitative estimate of drug-likeness (QED) is 0.569. The summed E-state index contributed by atoms with van der Waals surface area (Å²) in [5.41, 5.74) is 1.34. The lowest BCUT2D eigenvalue weighted by atomic mass is 10.2. The van der Waals surface area contributed by atoms with E-state index in [0.717, 1.165) is 6.42 Å². The molecule has 1 aliphatic heterocycles. The predicted octanol–water partition coefficient (Wildman–Crippen LogP) is 2.68. The molecule has 0 bridgehead atoms. The molecule has 2 aromatic carbocycles. The van der Waals surface area contributed by atoms with E-state index in [9.17, 15) is 22.8 Å². The van der Waals surface area contributed by atoms with Gasteiger partial charge in [0.1, 0.15) is 0 Å². The van der Waals surface area contributed by atoms with Crippen LogP contribution in [0, 0.1) is 0 Å². The number of ether oxygens (including phenoxy) is 1. The van der Waals surface area contributed by atoms with E-state index in [1.54, 1.807) is 43.0 Å². The predicted molar refractivity (Wildman–Crippen MR) is 123 cm³/mol. The van der Waals surface area contributed by atoms with Gasteiger partial charge in [-0.3, -0.25) is 9.59 Å². The monoisotopic (exact) mass is 473 g/mol. The Labute approximate surface area is 193 Å². The van der Waals surface area contributed by atoms with E-state index in [1.165, 1.54) is 31.2 Å². The fourth-order valence-electron chi connectivity index (χ4n) is 3.32. The molecule has 10 heteroatoms. The van der Waals surface area contributed by atoms with Gasteiger partial charge in [-0.25, -0.2) is 17.9 Å². The normalized spacial score (nSPS) is 14.9. The zero-order valence-corrected chi connectivity index (χ0v) is 19.5. The van der Waals surface area contributed by atoms with Gasteiger partial charge in [-0.2, -0.15) is 0 Å². The molecule has 2 amide bonds. The van der Waals surface area contributed by atoms with E-state index in [-0.39, 0.29) is 22.4 Å². The van der Waals surface area contributed by atoms with Crippen molar-refractivity contribution in [1.29, 1.82) is 0 Å². The van der Waals surface area contributed by atoms with Gasteiger partial charge in [0.15, 0.2) is 6.10 Å². The van der Waals surface area contributed by atoms with Gasteiger partial charge in [0.05, 0.1) is 10.5 Å². The van der Waals surface area contributed by atoms with Crippen LogP contribution in [-0.4, -0.2) is 44.9 Å². The fourth-order valence-corrected chi connectivity index (χ4v) is 4.57. The van der Waals surface area contributed by atoms with Crippen LogP contribution in [0.2, 0.25) is 0 Å². The van der Waals surface area contributed by atoms with E-state index in [4.69, 9.17) is 4.74 Å². The third-order valence-corrected chi connectivity index (χ3v) is 6.64. The first-order valence-corrected chi connectivity index (χ1v) is 12.1. The van der Waals surface area contributed by atoms with E-state index in [1.807, 2.05) is 0 Å². The van der Waals surface area contributed by atoms with Crippen LogP contribution in [0.1, 0.15) is 44.0 Å². The highest BCUT2D eigenvalue weighted by Gasteiger charge is 2.23. The maximum atomic E-state index is 12.4. The first kappa shape index (κ1) is 24.4. The smallest absolute Gasteiger partial charge is 0.338 e. The molecule has 33 heavy (non-hydrogen) atoms. The van der Waals surface area contributed by atoms with Gasteiger partial charge in [0, 0.05) is 30.4 Å². The van der Waals surface area contributed by atoms with Gasteiger partial charge in [-0.15, -0.1) is 0 Å². The van der Waals surface area contributed by atoms with Crippen LogP contribution in [-0.2, 0) is 24.3 Å². The summed E-state index contributed by atoms with van der Waals surface area (Å²) in [4.78, 5) is 38.4. The average Bonchev–Trinajstić information content (AvgIpc) is 3.19. The number of hydrogen-bond donors (Lipinski definition) is 2. The largest absolute Gasteiger partial charge is 0.449 e. The standard InChI is InChI=1S/C23H27N3O6S/c1-15(2)25-33(30,31)20-12-8-18(9-13-20)24-22(28)16(3)32-23(29)17-6-10-19(11-7-17)26-14-4-5-21(26)27/h6-13,15-16,25H,4-5,14H2,1-3H3,(H,24,28). The summed E-state index contributed by atoms with van der Waals surface area (Å²) in [6.45, 7) is 5.53. The molecule has 0 radical (unpaired) electrons. The molecule has 1 atom stereocenters. The van der Waals surface area contributed by atoms with Crippen molar-refractivity contribution in [3.05, 3.63) is 54.1 Å². The number of benzene rings is 2. The van der Waals surface area contributed by atoms with Crippen molar-refractivity contribution in [1.82, 2.24) is 4.72 Å². The van der Waals surface area contributed by atoms with Crippen LogP contribution in [0.4, 0.5) is 11.4 Å². The van der Waals surface area contributed by atoms with Crippen LogP contribution in [0.25, 0.3) is 0 Å². The van der Waals surface area contributed by atoms with Gasteiger partial charge in [0.25, 0.3) is 5.91 Å². The number of carbonyl (C=O) groups excluding carboxylic acids is 3. The summed E-state index contributed by atoms with van der Waals surface area (Å²) in [5, 5.41) is 2.59. The van der Waals surface area contributed by atoms with Crippen LogP contribution < -0.4 is 14.9 Å². The van der Waals surface area contributed by atoms with Crippen molar-refractivity contribution < 1.29 is 27.5 Å². The number of nitrogens with one attached hydrogen (secondary N) is 2. The van der Waals surface area contributed by atoms with Gasteiger partial charge in [-0.1, -0.05) is 0 Å². The lowest BCUT2D eigenvalue weighted by Crippen LogP contribution is -2.30. The van der Waals surface area contributed by atoms with Crippen LogP contribution >= 0.6 is 0 Å². The Morgan fingerprint density at radius 1 is 1.00 bits per heavy atom. The van der Waals surface area contributed by atoms with Crippen molar-refractivity contribution >= 4 is 39.2 Å². The number of carbonyl (C=O) groups is 3. The van der Waals surface area contributed by atoms with Crippen molar-refractivity contribution in [2.75, 3.05) is 16.8 Å². The number of nitrogens with zero attached hydrogens (tertiary/aromatic N) is 1. The molecule has 1 saturated heterocycles. The topological polar surface area (TPSA) is 122 Å². The van der Waals surface area contributed by atoms with E-state index >= 15 is 0 Å². The lowest BCUT2D eigenvalue weighted by Gasteiger charge is -2.16. The van der Waals surface area contributed by atoms with Crippen molar-refractivity contribution in [3.63, 3.8) is 0 Å². The Kier molecular flexibility index (Phi) is 7.50. The number of amides is 2. The van der Waals surface area contributed by atoms with Gasteiger partial charge in [-0.05, 0) is 75.7 Å². The molecule has 1 fully saturated rings. The zero-order valence-electron chi connectivity index (χ0n) is 18.7. The first-order valence-electron chi connectivity index (χ1n) is 10.6. The summed E-state index contributed by atoms with van der Waals surface area (Å²) >= 11 is 0. The highest BCUT2D eigenvalue weighted by molar-refractivity contribution is 7.89. The summed E-state index contributed by atoms with van der Waals surface area (Å²) in [5.74, 6) is -1.17. The number of sulfonamides is 1. The lowest BCUT2D eigenvalue weighted by molar-refractivity contribution is -0.123. The Bertz CT molecular complexity index is 1130. The molecular formula is C23H27N3O6S. The minimum atomic E-state index is -3.63. The van der Waals surface area contributed by atoms with Gasteiger partial charge >= 0.3 is 5.97 Å². The molecule has 1 aliphatic rings. The second-order valence-electron chi connectivity index (χ2n) is 8.03. The Morgan fingerprint density at radius 3 is 2.18 bits per heavy atom. The van der Waals surface area contributed by atoms with Crippen LogP contribution in [0.5, 0.6) is 0 Å². The molecule has 0 saturated carbocycles. The van der Waals surface area contributed by atoms with E-state index in [2.05, 4.69) is 10.0 Å². The summed E-state index contributed by atoms with van der Waals surface area (Å²) in [6, 6.07) is 11.9. The summed E-state index contributed by atoms with van der Waals surface area (Å²) in [6.07, 6.45) is 0.246. The molecule has 0 aromatic heterocycles. The molecule has 2 aromatic rings. The van der Waals surface area contributed by atoms with Crippen molar-refractivity contribution in [3.8, 4) is 0 Å². The fraction of sp³-hybridized carbons (Fsp3) is 0.348. The number of esters is 1. The van der Waals surface area contributed by atoms with Gasteiger partial charge < -0.3 is 15.0 Å². The van der Waals surface area contributed by atoms with Gasteiger partial charge in [0.2, 0.25) is 15.9 Å². The van der Waals surface area contributed by atoms with Crippen molar-refractivity contribution in [2.45, 2.75) is 50.7 Å². The molecule has 1 heterocycles. The summed E-state index contributed by atoms with van der Waals surface area (Å²) < 4.78 is 32.1. The number of hydrogen-bond acceptors (Lipinski definition) is 6. The molecule has 2 N–H and O–H groups in total. The highest BCUT2D eigenvalue weighted by Crippen LogP contribution is 2.22. The molecular weight excluding hydrogens is 446 g/mol. The number of rotatable bonds is 8. The summed E-state index contributed by atoms with van der Waals surface area (Å²) in [7, 11) is -3.63. The van der Waals surface area contributed by atoms with E-state index < -0.39 is 28.0 Å². The number of anilines is 2. The maximum absolute atomic E-state index is 12.4. The SMILES string of the molecule is CC(C)NS(=O)(=O)c1ccc(NC(=O)C(C)OC(=O)c2ccc(N3CCCC3=O)cc2)cc1. The Hall–Kier alpha value is -3.24. The maximum Gasteiger partial charge on any atom is 0.338 e.